The standard InChI is InChI=1S/C7H10N6S/c1-2-3-8-7-11-6(13-14-7)5-9-4-10-12-5/h4H,2-3H2,1H3,(H,8,11,13)(H,9,10,12). The second kappa shape index (κ2) is 4.14. The largest absolute Gasteiger partial charge is 0.360 e. The maximum atomic E-state index is 4.25. The zero-order chi connectivity index (χ0) is 9.80. The van der Waals surface area contributed by atoms with Crippen LogP contribution in [0.15, 0.2) is 6.33 Å². The molecule has 0 saturated carbocycles. The molecule has 2 rings (SSSR count). The Kier molecular flexibility index (Phi) is 2.68. The Morgan fingerprint density at radius 2 is 2.50 bits per heavy atom. The average Bonchev–Trinajstić information content (AvgIpc) is 2.85. The summed E-state index contributed by atoms with van der Waals surface area (Å²) in [7, 11) is 0. The Hall–Kier alpha value is -1.50. The van der Waals surface area contributed by atoms with Gasteiger partial charge in [-0.3, -0.25) is 5.10 Å². The summed E-state index contributed by atoms with van der Waals surface area (Å²) in [6.45, 7) is 3.01. The number of aromatic nitrogens is 5. The van der Waals surface area contributed by atoms with Crippen LogP contribution in [0.5, 0.6) is 0 Å². The van der Waals surface area contributed by atoms with Gasteiger partial charge in [0.05, 0.1) is 0 Å². The quantitative estimate of drug-likeness (QED) is 0.791. The zero-order valence-electron chi connectivity index (χ0n) is 7.69. The molecule has 0 atom stereocenters. The maximum absolute atomic E-state index is 4.25. The summed E-state index contributed by atoms with van der Waals surface area (Å²) >= 11 is 1.33. The highest BCUT2D eigenvalue weighted by molar-refractivity contribution is 7.09. The molecule has 0 saturated heterocycles. The van der Waals surface area contributed by atoms with Crippen LogP contribution in [0, 0.1) is 0 Å². The first-order valence-electron chi connectivity index (χ1n) is 4.33. The van der Waals surface area contributed by atoms with Crippen LogP contribution in [0.25, 0.3) is 11.6 Å². The summed E-state index contributed by atoms with van der Waals surface area (Å²) in [5, 5.41) is 10.4. The smallest absolute Gasteiger partial charge is 0.212 e. The van der Waals surface area contributed by atoms with Gasteiger partial charge in [0.25, 0.3) is 0 Å². The van der Waals surface area contributed by atoms with Gasteiger partial charge < -0.3 is 5.32 Å². The van der Waals surface area contributed by atoms with Crippen molar-refractivity contribution in [3.63, 3.8) is 0 Å². The van der Waals surface area contributed by atoms with Crippen molar-refractivity contribution in [2.24, 2.45) is 0 Å². The van der Waals surface area contributed by atoms with Crippen molar-refractivity contribution in [1.29, 1.82) is 0 Å². The van der Waals surface area contributed by atoms with E-state index >= 15 is 0 Å². The predicted octanol–water partition coefficient (Wildman–Crippen LogP) is 1.15. The monoisotopic (exact) mass is 210 g/mol. The highest BCUT2D eigenvalue weighted by atomic mass is 32.1. The van der Waals surface area contributed by atoms with Crippen molar-refractivity contribution in [1.82, 2.24) is 24.5 Å². The van der Waals surface area contributed by atoms with Gasteiger partial charge in [-0.15, -0.1) is 0 Å². The van der Waals surface area contributed by atoms with E-state index in [1.807, 2.05) is 0 Å². The third-order valence-corrected chi connectivity index (χ3v) is 2.25. The first-order valence-corrected chi connectivity index (χ1v) is 5.11. The molecule has 2 aromatic heterocycles. The number of H-pyrrole nitrogens is 1. The van der Waals surface area contributed by atoms with Gasteiger partial charge in [-0.2, -0.15) is 14.5 Å². The molecule has 7 heteroatoms. The van der Waals surface area contributed by atoms with Gasteiger partial charge in [0.1, 0.15) is 6.33 Å². The molecule has 14 heavy (non-hydrogen) atoms. The summed E-state index contributed by atoms with van der Waals surface area (Å²) in [4.78, 5) is 8.22. The lowest BCUT2D eigenvalue weighted by Crippen LogP contribution is -1.98. The van der Waals surface area contributed by atoms with E-state index in [2.05, 4.69) is 36.8 Å². The van der Waals surface area contributed by atoms with E-state index in [9.17, 15) is 0 Å². The van der Waals surface area contributed by atoms with Crippen molar-refractivity contribution < 1.29 is 0 Å². The SMILES string of the molecule is CCCNc1nc(-c2ncn[nH]2)ns1. The van der Waals surface area contributed by atoms with E-state index in [1.165, 1.54) is 17.9 Å². The minimum absolute atomic E-state index is 0.589. The lowest BCUT2D eigenvalue weighted by Gasteiger charge is -1.95. The van der Waals surface area contributed by atoms with Gasteiger partial charge in [0.15, 0.2) is 5.82 Å². The molecule has 0 amide bonds. The summed E-state index contributed by atoms with van der Waals surface area (Å²) in [5.41, 5.74) is 0. The van der Waals surface area contributed by atoms with E-state index in [0.29, 0.717) is 11.6 Å². The Bertz CT molecular complexity index is 381. The molecule has 0 fully saturated rings. The lowest BCUT2D eigenvalue weighted by atomic mass is 10.5. The summed E-state index contributed by atoms with van der Waals surface area (Å²) < 4.78 is 4.15. The van der Waals surface area contributed by atoms with Gasteiger partial charge in [0.2, 0.25) is 11.0 Å². The third-order valence-electron chi connectivity index (χ3n) is 1.58. The van der Waals surface area contributed by atoms with E-state index in [0.717, 1.165) is 18.1 Å². The average molecular weight is 210 g/mol. The zero-order valence-corrected chi connectivity index (χ0v) is 8.51. The molecule has 0 bridgehead atoms. The molecule has 0 spiro atoms. The van der Waals surface area contributed by atoms with Crippen LogP contribution < -0.4 is 5.32 Å². The highest BCUT2D eigenvalue weighted by Gasteiger charge is 2.07. The molecule has 0 aliphatic carbocycles. The first kappa shape index (κ1) is 9.07. The van der Waals surface area contributed by atoms with E-state index in [4.69, 9.17) is 0 Å². The van der Waals surface area contributed by atoms with Crippen molar-refractivity contribution in [2.45, 2.75) is 13.3 Å². The van der Waals surface area contributed by atoms with Crippen molar-refractivity contribution in [3.8, 4) is 11.6 Å². The molecule has 0 aromatic carbocycles. The maximum Gasteiger partial charge on any atom is 0.212 e. The van der Waals surface area contributed by atoms with Gasteiger partial charge >= 0.3 is 0 Å². The van der Waals surface area contributed by atoms with Crippen LogP contribution in [0.4, 0.5) is 5.13 Å². The van der Waals surface area contributed by atoms with E-state index < -0.39 is 0 Å². The molecule has 2 heterocycles. The van der Waals surface area contributed by atoms with Gasteiger partial charge in [-0.1, -0.05) is 6.92 Å². The van der Waals surface area contributed by atoms with E-state index in [-0.39, 0.29) is 0 Å². The number of hydrogen-bond donors (Lipinski definition) is 2. The lowest BCUT2D eigenvalue weighted by molar-refractivity contribution is 0.975. The molecule has 0 radical (unpaired) electrons. The number of nitrogens with zero attached hydrogens (tertiary/aromatic N) is 4. The minimum atomic E-state index is 0.589. The Morgan fingerprint density at radius 3 is 3.21 bits per heavy atom. The van der Waals surface area contributed by atoms with Crippen molar-refractivity contribution >= 4 is 16.7 Å². The van der Waals surface area contributed by atoms with E-state index in [1.54, 1.807) is 0 Å². The summed E-state index contributed by atoms with van der Waals surface area (Å²) in [6.07, 6.45) is 2.51. The molecule has 0 aliphatic rings. The molecule has 6 nitrogen and oxygen atoms in total. The van der Waals surface area contributed by atoms with Crippen LogP contribution in [0.3, 0.4) is 0 Å². The van der Waals surface area contributed by atoms with Crippen LogP contribution in [-0.4, -0.2) is 31.1 Å². The molecule has 0 aliphatic heterocycles. The Morgan fingerprint density at radius 1 is 1.57 bits per heavy atom. The molecular weight excluding hydrogens is 200 g/mol. The molecule has 0 unspecified atom stereocenters. The van der Waals surface area contributed by atoms with Crippen LogP contribution in [0.1, 0.15) is 13.3 Å². The van der Waals surface area contributed by atoms with Crippen molar-refractivity contribution in [2.75, 3.05) is 11.9 Å². The normalized spacial score (nSPS) is 10.4. The number of hydrogen-bond acceptors (Lipinski definition) is 6. The Labute approximate surface area is 85.0 Å². The van der Waals surface area contributed by atoms with Crippen LogP contribution in [-0.2, 0) is 0 Å². The second-order valence-electron chi connectivity index (χ2n) is 2.68. The summed E-state index contributed by atoms with van der Waals surface area (Å²) in [5.74, 6) is 1.19. The fourth-order valence-electron chi connectivity index (χ4n) is 0.937. The summed E-state index contributed by atoms with van der Waals surface area (Å²) in [6, 6.07) is 0. The van der Waals surface area contributed by atoms with Crippen molar-refractivity contribution in [3.05, 3.63) is 6.33 Å². The predicted molar refractivity (Wildman–Crippen MR) is 54.1 cm³/mol. The topological polar surface area (TPSA) is 79.4 Å². The van der Waals surface area contributed by atoms with Crippen LogP contribution in [0.2, 0.25) is 0 Å². The second-order valence-corrected chi connectivity index (χ2v) is 3.44. The van der Waals surface area contributed by atoms with Gasteiger partial charge in [0, 0.05) is 18.1 Å². The number of rotatable bonds is 4. The van der Waals surface area contributed by atoms with Gasteiger partial charge in [-0.05, 0) is 6.42 Å². The fourth-order valence-corrected chi connectivity index (χ4v) is 1.53. The Balaban J connectivity index is 2.10. The minimum Gasteiger partial charge on any atom is -0.360 e. The molecule has 2 aromatic rings. The number of nitrogens with one attached hydrogen (secondary N) is 2. The number of anilines is 1. The molecule has 74 valence electrons. The van der Waals surface area contributed by atoms with Gasteiger partial charge in [-0.25, -0.2) is 4.98 Å². The van der Waals surface area contributed by atoms with Crippen LogP contribution >= 0.6 is 11.5 Å². The number of aromatic amines is 1. The molecule has 2 N–H and O–H groups in total. The first-order chi connectivity index (χ1) is 6.90. The fraction of sp³-hybridized carbons (Fsp3) is 0.429. The third kappa shape index (κ3) is 1.87. The molecular formula is C7H10N6S. The highest BCUT2D eigenvalue weighted by Crippen LogP contribution is 2.16.